The second-order valence-electron chi connectivity index (χ2n) is 6.98. The zero-order chi connectivity index (χ0) is 20.6. The van der Waals surface area contributed by atoms with Crippen molar-refractivity contribution in [3.05, 3.63) is 80.2 Å². The lowest BCUT2D eigenvalue weighted by molar-refractivity contribution is -0.121. The van der Waals surface area contributed by atoms with Crippen LogP contribution in [0.5, 0.6) is 0 Å². The van der Waals surface area contributed by atoms with Crippen LogP contribution in [0.15, 0.2) is 59.3 Å². The fourth-order valence-corrected chi connectivity index (χ4v) is 4.49. The van der Waals surface area contributed by atoms with Gasteiger partial charge in [-0.3, -0.25) is 9.59 Å². The minimum Gasteiger partial charge on any atom is -0.351 e. The zero-order valence-corrected chi connectivity index (χ0v) is 18.3. The first kappa shape index (κ1) is 21.3. The highest BCUT2D eigenvalue weighted by Crippen LogP contribution is 2.28. The number of hydrogen-bond acceptors (Lipinski definition) is 4. The number of rotatable bonds is 9. The van der Waals surface area contributed by atoms with Crippen molar-refractivity contribution >= 4 is 34.5 Å². The van der Waals surface area contributed by atoms with Gasteiger partial charge < -0.3 is 10.6 Å². The van der Waals surface area contributed by atoms with Gasteiger partial charge in [0.1, 0.15) is 0 Å². The lowest BCUT2D eigenvalue weighted by atomic mass is 9.95. The minimum absolute atomic E-state index is 0.0825. The Labute approximate surface area is 180 Å². The quantitative estimate of drug-likeness (QED) is 0.485. The van der Waals surface area contributed by atoms with Crippen molar-refractivity contribution < 1.29 is 9.59 Å². The Morgan fingerprint density at radius 2 is 1.66 bits per heavy atom. The molecule has 2 N–H and O–H groups in total. The summed E-state index contributed by atoms with van der Waals surface area (Å²) in [7, 11) is 0. The van der Waals surface area contributed by atoms with E-state index < -0.39 is 0 Å². The summed E-state index contributed by atoms with van der Waals surface area (Å²) in [6, 6.07) is 16.0. The van der Waals surface area contributed by atoms with E-state index in [1.807, 2.05) is 29.0 Å². The van der Waals surface area contributed by atoms with Crippen LogP contribution < -0.4 is 10.6 Å². The van der Waals surface area contributed by atoms with Crippen LogP contribution in [0.25, 0.3) is 0 Å². The molecule has 2 amide bonds. The summed E-state index contributed by atoms with van der Waals surface area (Å²) in [6.45, 7) is 4.72. The van der Waals surface area contributed by atoms with Crippen LogP contribution in [0.2, 0.25) is 0 Å². The first-order valence-corrected chi connectivity index (χ1v) is 11.6. The molecule has 0 aliphatic heterocycles. The second-order valence-corrected chi connectivity index (χ2v) is 8.90. The van der Waals surface area contributed by atoms with Crippen LogP contribution in [0.3, 0.4) is 0 Å². The molecule has 0 spiro atoms. The van der Waals surface area contributed by atoms with Gasteiger partial charge in [-0.2, -0.15) is 0 Å². The van der Waals surface area contributed by atoms with Crippen LogP contribution in [-0.4, -0.2) is 18.4 Å². The van der Waals surface area contributed by atoms with E-state index in [9.17, 15) is 9.59 Å². The maximum Gasteiger partial charge on any atom is 0.261 e. The van der Waals surface area contributed by atoms with Crippen molar-refractivity contribution in [3.63, 3.8) is 0 Å². The third-order valence-corrected chi connectivity index (χ3v) is 6.77. The standard InChI is InChI=1S/C23H26N2O2S2/c1-3-16(2)17-8-10-18(11-9-17)22(19-6-4-14-28-19)25-21(26)12-13-24-23(27)20-7-5-15-29-20/h4-11,14-16,22H,3,12-13H2,1-2H3,(H,24,27)(H,25,26). The number of nitrogens with one attached hydrogen (secondary N) is 2. The molecule has 2 unspecified atom stereocenters. The van der Waals surface area contributed by atoms with Crippen molar-refractivity contribution in [2.45, 2.75) is 38.6 Å². The van der Waals surface area contributed by atoms with E-state index >= 15 is 0 Å². The van der Waals surface area contributed by atoms with Crippen molar-refractivity contribution in [2.75, 3.05) is 6.54 Å². The molecule has 2 aromatic heterocycles. The number of carbonyl (C=O) groups is 2. The Kier molecular flexibility index (Phi) is 7.61. The largest absolute Gasteiger partial charge is 0.351 e. The van der Waals surface area contributed by atoms with Gasteiger partial charge in [-0.05, 0) is 46.4 Å². The first-order chi connectivity index (χ1) is 14.1. The van der Waals surface area contributed by atoms with Gasteiger partial charge in [0.2, 0.25) is 5.91 Å². The third kappa shape index (κ3) is 5.78. The van der Waals surface area contributed by atoms with Crippen molar-refractivity contribution in [1.29, 1.82) is 0 Å². The van der Waals surface area contributed by atoms with E-state index in [2.05, 4.69) is 48.7 Å². The van der Waals surface area contributed by atoms with Gasteiger partial charge in [0.25, 0.3) is 5.91 Å². The molecule has 1 aromatic carbocycles. The fourth-order valence-electron chi connectivity index (χ4n) is 3.04. The van der Waals surface area contributed by atoms with E-state index in [0.717, 1.165) is 16.9 Å². The summed E-state index contributed by atoms with van der Waals surface area (Å²) in [4.78, 5) is 26.3. The molecule has 152 valence electrons. The lowest BCUT2D eigenvalue weighted by Gasteiger charge is -2.19. The van der Waals surface area contributed by atoms with Gasteiger partial charge in [0, 0.05) is 17.8 Å². The molecule has 0 aliphatic carbocycles. The average molecular weight is 427 g/mol. The minimum atomic E-state index is -0.179. The van der Waals surface area contributed by atoms with Crippen LogP contribution in [0.1, 0.15) is 64.3 Å². The van der Waals surface area contributed by atoms with E-state index in [1.54, 1.807) is 17.4 Å². The molecule has 0 aliphatic rings. The summed E-state index contributed by atoms with van der Waals surface area (Å²) in [5.74, 6) is 0.301. The average Bonchev–Trinajstić information content (AvgIpc) is 3.46. The van der Waals surface area contributed by atoms with E-state index in [1.165, 1.54) is 16.9 Å². The number of amides is 2. The molecule has 3 rings (SSSR count). The monoisotopic (exact) mass is 426 g/mol. The van der Waals surface area contributed by atoms with E-state index in [-0.39, 0.29) is 24.3 Å². The summed E-state index contributed by atoms with van der Waals surface area (Å²) in [5.41, 5.74) is 2.37. The lowest BCUT2D eigenvalue weighted by Crippen LogP contribution is -2.33. The predicted molar refractivity (Wildman–Crippen MR) is 121 cm³/mol. The van der Waals surface area contributed by atoms with Crippen LogP contribution in [0.4, 0.5) is 0 Å². The van der Waals surface area contributed by atoms with Crippen LogP contribution >= 0.6 is 22.7 Å². The Morgan fingerprint density at radius 1 is 0.966 bits per heavy atom. The van der Waals surface area contributed by atoms with Gasteiger partial charge in [-0.1, -0.05) is 50.2 Å². The topological polar surface area (TPSA) is 58.2 Å². The molecule has 6 heteroatoms. The Morgan fingerprint density at radius 3 is 2.28 bits per heavy atom. The maximum atomic E-state index is 12.6. The molecule has 0 saturated heterocycles. The zero-order valence-electron chi connectivity index (χ0n) is 16.7. The molecular weight excluding hydrogens is 400 g/mol. The SMILES string of the molecule is CCC(C)c1ccc(C(NC(=O)CCNC(=O)c2cccs2)c2cccs2)cc1. The van der Waals surface area contributed by atoms with Crippen molar-refractivity contribution in [3.8, 4) is 0 Å². The Hall–Kier alpha value is -2.44. The molecule has 0 bridgehead atoms. The highest BCUT2D eigenvalue weighted by atomic mass is 32.1. The third-order valence-electron chi connectivity index (χ3n) is 4.97. The number of carbonyl (C=O) groups excluding carboxylic acids is 2. The number of thiophene rings is 2. The van der Waals surface area contributed by atoms with Gasteiger partial charge in [0.15, 0.2) is 0 Å². The molecule has 2 atom stereocenters. The molecule has 0 radical (unpaired) electrons. The molecule has 2 heterocycles. The predicted octanol–water partition coefficient (Wildman–Crippen LogP) is 5.35. The Balaban J connectivity index is 1.62. The van der Waals surface area contributed by atoms with Crippen LogP contribution in [-0.2, 0) is 4.79 Å². The molecule has 0 saturated carbocycles. The van der Waals surface area contributed by atoms with Gasteiger partial charge in [0.05, 0.1) is 10.9 Å². The van der Waals surface area contributed by atoms with E-state index in [0.29, 0.717) is 17.3 Å². The normalized spacial score (nSPS) is 12.9. The molecule has 3 aromatic rings. The van der Waals surface area contributed by atoms with Gasteiger partial charge in [-0.25, -0.2) is 0 Å². The highest BCUT2D eigenvalue weighted by Gasteiger charge is 2.18. The smallest absolute Gasteiger partial charge is 0.261 e. The summed E-state index contributed by atoms with van der Waals surface area (Å²) in [6.07, 6.45) is 1.34. The van der Waals surface area contributed by atoms with E-state index in [4.69, 9.17) is 0 Å². The molecular formula is C23H26N2O2S2. The number of benzene rings is 1. The molecule has 0 fully saturated rings. The summed E-state index contributed by atoms with van der Waals surface area (Å²) >= 11 is 3.02. The maximum absolute atomic E-state index is 12.6. The fraction of sp³-hybridized carbons (Fsp3) is 0.304. The van der Waals surface area contributed by atoms with Gasteiger partial charge >= 0.3 is 0 Å². The van der Waals surface area contributed by atoms with Crippen LogP contribution in [0, 0.1) is 0 Å². The Bertz CT molecular complexity index is 903. The summed E-state index contributed by atoms with van der Waals surface area (Å²) < 4.78 is 0. The highest BCUT2D eigenvalue weighted by molar-refractivity contribution is 7.12. The number of hydrogen-bond donors (Lipinski definition) is 2. The molecule has 29 heavy (non-hydrogen) atoms. The van der Waals surface area contributed by atoms with Crippen molar-refractivity contribution in [2.24, 2.45) is 0 Å². The molecule has 4 nitrogen and oxygen atoms in total. The first-order valence-electron chi connectivity index (χ1n) is 9.82. The second kappa shape index (κ2) is 10.4. The summed E-state index contributed by atoms with van der Waals surface area (Å²) in [5, 5.41) is 9.81. The van der Waals surface area contributed by atoms with Gasteiger partial charge in [-0.15, -0.1) is 22.7 Å². The van der Waals surface area contributed by atoms with Crippen molar-refractivity contribution in [1.82, 2.24) is 10.6 Å².